The van der Waals surface area contributed by atoms with Crippen molar-refractivity contribution in [3.8, 4) is 11.3 Å². The predicted octanol–water partition coefficient (Wildman–Crippen LogP) is 3.72. The summed E-state index contributed by atoms with van der Waals surface area (Å²) in [6.07, 6.45) is 1.24. The SMILES string of the molecule is COC(=O)c1cc(Br)ccc1-c1ccc(C=C2C(=O)OC(C)(C)OC2=O)o1. The second-order valence-electron chi connectivity index (χ2n) is 6.12. The normalized spacial score (nSPS) is 15.8. The maximum atomic E-state index is 12.0. The third kappa shape index (κ3) is 3.95. The molecule has 2 aromatic rings. The molecule has 1 aromatic heterocycles. The number of carbonyl (C=O) groups excluding carboxylic acids is 3. The minimum Gasteiger partial charge on any atom is -0.465 e. The highest BCUT2D eigenvalue weighted by atomic mass is 79.9. The van der Waals surface area contributed by atoms with Gasteiger partial charge in [-0.2, -0.15) is 0 Å². The molecule has 7 nitrogen and oxygen atoms in total. The number of ether oxygens (including phenoxy) is 3. The molecule has 1 aromatic carbocycles. The molecule has 1 aliphatic heterocycles. The first-order valence-electron chi connectivity index (χ1n) is 7.86. The van der Waals surface area contributed by atoms with E-state index in [0.29, 0.717) is 21.4 Å². The zero-order chi connectivity index (χ0) is 19.8. The van der Waals surface area contributed by atoms with E-state index in [1.54, 1.807) is 30.3 Å². The largest absolute Gasteiger partial charge is 0.465 e. The highest BCUT2D eigenvalue weighted by Crippen LogP contribution is 2.30. The lowest BCUT2D eigenvalue weighted by molar-refractivity contribution is -0.222. The van der Waals surface area contributed by atoms with Gasteiger partial charge in [0.05, 0.1) is 12.7 Å². The first-order valence-corrected chi connectivity index (χ1v) is 8.66. The van der Waals surface area contributed by atoms with E-state index in [4.69, 9.17) is 18.6 Å². The summed E-state index contributed by atoms with van der Waals surface area (Å²) in [6, 6.07) is 8.23. The Morgan fingerprint density at radius 2 is 1.78 bits per heavy atom. The van der Waals surface area contributed by atoms with Crippen LogP contribution in [0.3, 0.4) is 0 Å². The summed E-state index contributed by atoms with van der Waals surface area (Å²) >= 11 is 3.31. The van der Waals surface area contributed by atoms with Crippen LogP contribution in [0.5, 0.6) is 0 Å². The Labute approximate surface area is 163 Å². The maximum Gasteiger partial charge on any atom is 0.348 e. The van der Waals surface area contributed by atoms with Gasteiger partial charge in [0.25, 0.3) is 5.79 Å². The molecule has 0 radical (unpaired) electrons. The molecule has 0 unspecified atom stereocenters. The van der Waals surface area contributed by atoms with E-state index in [9.17, 15) is 14.4 Å². The molecule has 140 valence electrons. The highest BCUT2D eigenvalue weighted by Gasteiger charge is 2.39. The predicted molar refractivity (Wildman–Crippen MR) is 97.4 cm³/mol. The van der Waals surface area contributed by atoms with Crippen LogP contribution in [0.25, 0.3) is 17.4 Å². The molecular formula is C19H15BrO7. The van der Waals surface area contributed by atoms with Crippen molar-refractivity contribution < 1.29 is 33.0 Å². The molecule has 8 heteroatoms. The molecule has 0 spiro atoms. The van der Waals surface area contributed by atoms with Gasteiger partial charge >= 0.3 is 17.9 Å². The minimum atomic E-state index is -1.31. The Morgan fingerprint density at radius 3 is 2.41 bits per heavy atom. The number of esters is 3. The van der Waals surface area contributed by atoms with E-state index in [2.05, 4.69) is 15.9 Å². The number of hydrogen-bond donors (Lipinski definition) is 0. The van der Waals surface area contributed by atoms with Crippen LogP contribution in [0.4, 0.5) is 0 Å². The van der Waals surface area contributed by atoms with Crippen LogP contribution in [0.15, 0.2) is 44.8 Å². The number of benzene rings is 1. The number of hydrogen-bond acceptors (Lipinski definition) is 7. The van der Waals surface area contributed by atoms with Crippen molar-refractivity contribution in [3.05, 3.63) is 51.7 Å². The quantitative estimate of drug-likeness (QED) is 0.412. The molecule has 1 aliphatic rings. The molecule has 2 heterocycles. The van der Waals surface area contributed by atoms with Crippen LogP contribution in [-0.2, 0) is 23.8 Å². The standard InChI is InChI=1S/C19H15BrO7/c1-19(2)26-17(22)14(18(23)27-19)9-11-5-7-15(25-11)12-6-4-10(20)8-13(12)16(21)24-3/h4-9H,1-3H3. The molecule has 3 rings (SSSR count). The van der Waals surface area contributed by atoms with E-state index in [-0.39, 0.29) is 11.3 Å². The number of carbonyl (C=O) groups is 3. The Balaban J connectivity index is 1.96. The summed E-state index contributed by atoms with van der Waals surface area (Å²) in [5.74, 6) is -2.84. The van der Waals surface area contributed by atoms with Crippen LogP contribution < -0.4 is 0 Å². The Morgan fingerprint density at radius 1 is 1.11 bits per heavy atom. The van der Waals surface area contributed by atoms with E-state index in [1.807, 2.05) is 0 Å². The second-order valence-corrected chi connectivity index (χ2v) is 7.04. The molecule has 0 saturated carbocycles. The summed E-state index contributed by atoms with van der Waals surface area (Å²) in [4.78, 5) is 36.1. The van der Waals surface area contributed by atoms with Gasteiger partial charge in [-0.05, 0) is 30.3 Å². The van der Waals surface area contributed by atoms with Gasteiger partial charge in [0, 0.05) is 30.0 Å². The van der Waals surface area contributed by atoms with E-state index in [1.165, 1.54) is 27.0 Å². The summed E-state index contributed by atoms with van der Waals surface area (Å²) in [5, 5.41) is 0. The lowest BCUT2D eigenvalue weighted by Gasteiger charge is -2.29. The monoisotopic (exact) mass is 434 g/mol. The lowest BCUT2D eigenvalue weighted by atomic mass is 10.1. The van der Waals surface area contributed by atoms with Crippen molar-refractivity contribution in [2.45, 2.75) is 19.6 Å². The molecule has 0 aliphatic carbocycles. The van der Waals surface area contributed by atoms with Gasteiger partial charge in [-0.25, -0.2) is 14.4 Å². The Hall–Kier alpha value is -2.87. The Bertz CT molecular complexity index is 946. The van der Waals surface area contributed by atoms with Crippen LogP contribution in [0.1, 0.15) is 30.0 Å². The summed E-state index contributed by atoms with van der Waals surface area (Å²) in [7, 11) is 1.28. The van der Waals surface area contributed by atoms with Crippen LogP contribution >= 0.6 is 15.9 Å². The highest BCUT2D eigenvalue weighted by molar-refractivity contribution is 9.10. The number of furan rings is 1. The van der Waals surface area contributed by atoms with Crippen molar-refractivity contribution in [1.29, 1.82) is 0 Å². The van der Waals surface area contributed by atoms with Gasteiger partial charge in [-0.3, -0.25) is 0 Å². The molecule has 0 bridgehead atoms. The van der Waals surface area contributed by atoms with Gasteiger partial charge in [-0.15, -0.1) is 0 Å². The van der Waals surface area contributed by atoms with Crippen LogP contribution in [0.2, 0.25) is 0 Å². The summed E-state index contributed by atoms with van der Waals surface area (Å²) in [5.41, 5.74) is 0.530. The van der Waals surface area contributed by atoms with Crippen molar-refractivity contribution in [1.82, 2.24) is 0 Å². The van der Waals surface area contributed by atoms with E-state index in [0.717, 1.165) is 0 Å². The molecule has 1 fully saturated rings. The topological polar surface area (TPSA) is 92.0 Å². The smallest absolute Gasteiger partial charge is 0.348 e. The van der Waals surface area contributed by atoms with Crippen molar-refractivity contribution >= 4 is 39.9 Å². The number of halogens is 1. The van der Waals surface area contributed by atoms with Gasteiger partial charge in [0.2, 0.25) is 0 Å². The van der Waals surface area contributed by atoms with Crippen molar-refractivity contribution in [2.24, 2.45) is 0 Å². The molecular weight excluding hydrogens is 420 g/mol. The average Bonchev–Trinajstić information content (AvgIpc) is 3.05. The van der Waals surface area contributed by atoms with Gasteiger partial charge < -0.3 is 18.6 Å². The van der Waals surface area contributed by atoms with Crippen molar-refractivity contribution in [2.75, 3.05) is 7.11 Å². The second kappa shape index (κ2) is 7.03. The fraction of sp³-hybridized carbons (Fsp3) is 0.211. The minimum absolute atomic E-state index is 0.229. The molecule has 27 heavy (non-hydrogen) atoms. The zero-order valence-corrected chi connectivity index (χ0v) is 16.3. The fourth-order valence-electron chi connectivity index (χ4n) is 2.51. The van der Waals surface area contributed by atoms with E-state index >= 15 is 0 Å². The number of rotatable bonds is 3. The third-order valence-electron chi connectivity index (χ3n) is 3.68. The van der Waals surface area contributed by atoms with E-state index < -0.39 is 23.7 Å². The summed E-state index contributed by atoms with van der Waals surface area (Å²) < 4.78 is 21.3. The van der Waals surface area contributed by atoms with Crippen LogP contribution in [0, 0.1) is 0 Å². The fourth-order valence-corrected chi connectivity index (χ4v) is 2.87. The average molecular weight is 435 g/mol. The van der Waals surface area contributed by atoms with Gasteiger partial charge in [0.15, 0.2) is 0 Å². The summed E-state index contributed by atoms with van der Waals surface area (Å²) in [6.45, 7) is 2.93. The molecule has 1 saturated heterocycles. The number of methoxy groups -OCH3 is 1. The first kappa shape index (κ1) is 18.9. The van der Waals surface area contributed by atoms with Crippen LogP contribution in [-0.4, -0.2) is 30.8 Å². The molecule has 0 atom stereocenters. The zero-order valence-electron chi connectivity index (χ0n) is 14.7. The van der Waals surface area contributed by atoms with Gasteiger partial charge in [0.1, 0.15) is 17.1 Å². The maximum absolute atomic E-state index is 12.0. The molecule has 0 amide bonds. The van der Waals surface area contributed by atoms with Gasteiger partial charge in [-0.1, -0.05) is 15.9 Å². The molecule has 0 N–H and O–H groups in total. The Kier molecular flexibility index (Phi) is 4.93. The third-order valence-corrected chi connectivity index (χ3v) is 4.18. The lowest BCUT2D eigenvalue weighted by Crippen LogP contribution is -2.41. The first-order chi connectivity index (χ1) is 12.7. The van der Waals surface area contributed by atoms with Crippen molar-refractivity contribution in [3.63, 3.8) is 0 Å². The number of cyclic esters (lactones) is 2.